The molecule has 1 aliphatic rings. The zero-order valence-electron chi connectivity index (χ0n) is 10.6. The highest BCUT2D eigenvalue weighted by molar-refractivity contribution is 5.19. The molecule has 102 valence electrons. The summed E-state index contributed by atoms with van der Waals surface area (Å²) in [6.07, 6.45) is 1.07. The number of alkyl halides is 4. The molecule has 0 spiro atoms. The van der Waals surface area contributed by atoms with Crippen LogP contribution in [0.5, 0.6) is 0 Å². The van der Waals surface area contributed by atoms with E-state index < -0.39 is 17.3 Å². The monoisotopic (exact) mass is 264 g/mol. The average molecular weight is 264 g/mol. The number of hydrogen-bond donors (Lipinski definition) is 0. The van der Waals surface area contributed by atoms with Gasteiger partial charge in [0.15, 0.2) is 0 Å². The van der Waals surface area contributed by atoms with Crippen LogP contribution < -0.4 is 0 Å². The van der Waals surface area contributed by atoms with Gasteiger partial charge >= 0.3 is 0 Å². The molecule has 0 aliphatic heterocycles. The van der Waals surface area contributed by atoms with Crippen molar-refractivity contribution in [3.05, 3.63) is 17.5 Å². The van der Waals surface area contributed by atoms with Crippen molar-refractivity contribution in [3.63, 3.8) is 0 Å². The summed E-state index contributed by atoms with van der Waals surface area (Å²) in [6.45, 7) is 4.31. The Morgan fingerprint density at radius 1 is 1.39 bits per heavy atom. The molecule has 1 aromatic rings. The second-order valence-electron chi connectivity index (χ2n) is 5.77. The Hall–Kier alpha value is -1.07. The quantitative estimate of drug-likeness (QED) is 0.760. The Kier molecular flexibility index (Phi) is 2.76. The molecule has 1 aliphatic carbocycles. The molecule has 0 unspecified atom stereocenters. The topological polar surface area (TPSA) is 17.8 Å². The van der Waals surface area contributed by atoms with Crippen molar-refractivity contribution < 1.29 is 17.6 Å². The molecule has 0 radical (unpaired) electrons. The smallest absolute Gasteiger partial charge is 0.271 e. The Labute approximate surface area is 103 Å². The Bertz CT molecular complexity index is 451. The van der Waals surface area contributed by atoms with Crippen LogP contribution in [0.2, 0.25) is 0 Å². The van der Waals surface area contributed by atoms with Crippen molar-refractivity contribution in [2.24, 2.45) is 5.41 Å². The van der Waals surface area contributed by atoms with Crippen molar-refractivity contribution in [1.29, 1.82) is 0 Å². The highest BCUT2D eigenvalue weighted by atomic mass is 19.3. The Morgan fingerprint density at radius 3 is 2.33 bits per heavy atom. The molecule has 6 heteroatoms. The number of nitrogens with zero attached hydrogens (tertiary/aromatic N) is 2. The first kappa shape index (κ1) is 13.4. The molecular formula is C12H16F4N2. The second-order valence-corrected chi connectivity index (χ2v) is 5.77. The zero-order valence-corrected chi connectivity index (χ0v) is 10.6. The van der Waals surface area contributed by atoms with Crippen LogP contribution in [0.15, 0.2) is 6.20 Å². The standard InChI is InChI=1S/C12H16F4N2/c1-8-4-18(17-9(8)11(3,13)14)7-10(2)5-12(15,16)6-10/h4H,5-7H2,1-3H3. The van der Waals surface area contributed by atoms with Gasteiger partial charge in [-0.2, -0.15) is 13.9 Å². The van der Waals surface area contributed by atoms with E-state index in [1.165, 1.54) is 10.9 Å². The Balaban J connectivity index is 2.13. The fourth-order valence-corrected chi connectivity index (χ4v) is 2.74. The first-order valence-electron chi connectivity index (χ1n) is 5.81. The molecule has 2 nitrogen and oxygen atoms in total. The summed E-state index contributed by atoms with van der Waals surface area (Å²) in [5.41, 5.74) is -0.447. The molecule has 18 heavy (non-hydrogen) atoms. The van der Waals surface area contributed by atoms with Crippen LogP contribution in [0.3, 0.4) is 0 Å². The molecule has 0 saturated heterocycles. The maximum Gasteiger partial charge on any atom is 0.289 e. The van der Waals surface area contributed by atoms with E-state index in [-0.39, 0.29) is 25.1 Å². The van der Waals surface area contributed by atoms with Gasteiger partial charge in [0.1, 0.15) is 5.69 Å². The average Bonchev–Trinajstić information content (AvgIpc) is 2.40. The van der Waals surface area contributed by atoms with E-state index in [1.54, 1.807) is 13.8 Å². The van der Waals surface area contributed by atoms with Gasteiger partial charge in [-0.05, 0) is 17.9 Å². The van der Waals surface area contributed by atoms with E-state index in [0.29, 0.717) is 5.56 Å². The van der Waals surface area contributed by atoms with Crippen molar-refractivity contribution >= 4 is 0 Å². The normalized spacial score (nSPS) is 21.7. The summed E-state index contributed by atoms with van der Waals surface area (Å²) in [6, 6.07) is 0. The lowest BCUT2D eigenvalue weighted by atomic mass is 9.67. The second kappa shape index (κ2) is 3.71. The van der Waals surface area contributed by atoms with Gasteiger partial charge in [0.25, 0.3) is 5.92 Å². The van der Waals surface area contributed by atoms with Gasteiger partial charge in [0.05, 0.1) is 0 Å². The summed E-state index contributed by atoms with van der Waals surface area (Å²) in [4.78, 5) is 0. The minimum Gasteiger partial charge on any atom is -0.271 e. The summed E-state index contributed by atoms with van der Waals surface area (Å²) in [5.74, 6) is -5.62. The molecule has 0 bridgehead atoms. The predicted molar refractivity (Wildman–Crippen MR) is 58.8 cm³/mol. The molecule has 1 saturated carbocycles. The van der Waals surface area contributed by atoms with E-state index in [1.807, 2.05) is 0 Å². The lowest BCUT2D eigenvalue weighted by Crippen LogP contribution is -2.46. The SMILES string of the molecule is Cc1cn(CC2(C)CC(F)(F)C2)nc1C(C)(F)F. The molecule has 0 atom stereocenters. The fraction of sp³-hybridized carbons (Fsp3) is 0.750. The largest absolute Gasteiger partial charge is 0.289 e. The van der Waals surface area contributed by atoms with Gasteiger partial charge in [-0.3, -0.25) is 4.68 Å². The number of rotatable bonds is 3. The van der Waals surface area contributed by atoms with Crippen LogP contribution in [0.25, 0.3) is 0 Å². The first-order chi connectivity index (χ1) is 8.01. The van der Waals surface area contributed by atoms with Gasteiger partial charge in [0, 0.05) is 32.5 Å². The van der Waals surface area contributed by atoms with Gasteiger partial charge < -0.3 is 0 Å². The number of hydrogen-bond acceptors (Lipinski definition) is 1. The molecule has 1 heterocycles. The molecule has 1 aromatic heterocycles. The van der Waals surface area contributed by atoms with E-state index in [4.69, 9.17) is 0 Å². The van der Waals surface area contributed by atoms with Crippen LogP contribution in [0, 0.1) is 12.3 Å². The summed E-state index contributed by atoms with van der Waals surface area (Å²) in [5, 5.41) is 3.82. The zero-order chi connectivity index (χ0) is 13.8. The third-order valence-corrected chi connectivity index (χ3v) is 3.27. The van der Waals surface area contributed by atoms with Crippen LogP contribution in [0.4, 0.5) is 17.6 Å². The molecule has 0 aromatic carbocycles. The van der Waals surface area contributed by atoms with Crippen molar-refractivity contribution in [3.8, 4) is 0 Å². The maximum atomic E-state index is 13.2. The summed E-state index contributed by atoms with van der Waals surface area (Å²) >= 11 is 0. The summed E-state index contributed by atoms with van der Waals surface area (Å²) in [7, 11) is 0. The fourth-order valence-electron chi connectivity index (χ4n) is 2.74. The molecular weight excluding hydrogens is 248 g/mol. The molecule has 1 fully saturated rings. The van der Waals surface area contributed by atoms with Gasteiger partial charge in [-0.1, -0.05) is 6.92 Å². The van der Waals surface area contributed by atoms with Gasteiger partial charge in [-0.15, -0.1) is 0 Å². The third kappa shape index (κ3) is 2.52. The van der Waals surface area contributed by atoms with Crippen LogP contribution >= 0.6 is 0 Å². The lowest BCUT2D eigenvalue weighted by molar-refractivity contribution is -0.160. The number of aromatic nitrogens is 2. The minimum absolute atomic E-state index is 0.212. The minimum atomic E-state index is -3.00. The molecule has 2 rings (SSSR count). The number of aryl methyl sites for hydroxylation is 1. The van der Waals surface area contributed by atoms with Gasteiger partial charge in [-0.25, -0.2) is 8.78 Å². The lowest BCUT2D eigenvalue weighted by Gasteiger charge is -2.44. The van der Waals surface area contributed by atoms with E-state index in [9.17, 15) is 17.6 Å². The molecule has 0 N–H and O–H groups in total. The van der Waals surface area contributed by atoms with Crippen LogP contribution in [-0.2, 0) is 12.5 Å². The van der Waals surface area contributed by atoms with Crippen molar-refractivity contribution in [2.45, 2.75) is 52.0 Å². The van der Waals surface area contributed by atoms with Crippen molar-refractivity contribution in [1.82, 2.24) is 9.78 Å². The van der Waals surface area contributed by atoms with E-state index >= 15 is 0 Å². The maximum absolute atomic E-state index is 13.2. The molecule has 0 amide bonds. The first-order valence-corrected chi connectivity index (χ1v) is 5.81. The van der Waals surface area contributed by atoms with Crippen LogP contribution in [-0.4, -0.2) is 15.7 Å². The summed E-state index contributed by atoms with van der Waals surface area (Å²) < 4.78 is 53.4. The highest BCUT2D eigenvalue weighted by Gasteiger charge is 2.53. The van der Waals surface area contributed by atoms with E-state index in [0.717, 1.165) is 6.92 Å². The van der Waals surface area contributed by atoms with Crippen molar-refractivity contribution in [2.75, 3.05) is 0 Å². The van der Waals surface area contributed by atoms with Crippen LogP contribution in [0.1, 0.15) is 37.9 Å². The number of halogens is 4. The Morgan fingerprint density at radius 2 is 1.94 bits per heavy atom. The van der Waals surface area contributed by atoms with Gasteiger partial charge in [0.2, 0.25) is 5.92 Å². The third-order valence-electron chi connectivity index (χ3n) is 3.27. The predicted octanol–water partition coefficient (Wildman–Crippen LogP) is 3.74. The highest BCUT2D eigenvalue weighted by Crippen LogP contribution is 2.52. The van der Waals surface area contributed by atoms with E-state index in [2.05, 4.69) is 5.10 Å².